The number of piperidine rings is 1. The third-order valence-electron chi connectivity index (χ3n) is 8.51. The van der Waals surface area contributed by atoms with Crippen molar-refractivity contribution in [3.63, 3.8) is 0 Å². The van der Waals surface area contributed by atoms with Crippen molar-refractivity contribution in [2.24, 2.45) is 0 Å². The summed E-state index contributed by atoms with van der Waals surface area (Å²) in [6.45, 7) is 0.233. The van der Waals surface area contributed by atoms with Crippen LogP contribution < -0.4 is 21.3 Å². The molecule has 1 aromatic carbocycles. The number of alkyl halides is 2. The van der Waals surface area contributed by atoms with Gasteiger partial charge in [-0.3, -0.25) is 19.7 Å². The summed E-state index contributed by atoms with van der Waals surface area (Å²) in [5, 5.41) is 6.01. The lowest BCUT2D eigenvalue weighted by atomic mass is 9.86. The Kier molecular flexibility index (Phi) is 6.65. The van der Waals surface area contributed by atoms with Crippen LogP contribution in [-0.4, -0.2) is 59.8 Å². The van der Waals surface area contributed by atoms with E-state index in [1.54, 1.807) is 6.07 Å². The van der Waals surface area contributed by atoms with Crippen LogP contribution in [0.3, 0.4) is 0 Å². The van der Waals surface area contributed by atoms with E-state index in [9.17, 15) is 23.2 Å². The van der Waals surface area contributed by atoms with Crippen molar-refractivity contribution in [2.75, 3.05) is 17.7 Å². The number of nitrogens with one attached hydrogen (secondary N) is 2. The maximum Gasteiger partial charge on any atom is 0.255 e. The Labute approximate surface area is 209 Å². The molecule has 0 spiro atoms. The molecule has 2 heterocycles. The third-order valence-corrected chi connectivity index (χ3v) is 8.51. The zero-order chi connectivity index (χ0) is 25.6. The van der Waals surface area contributed by atoms with E-state index < -0.39 is 17.9 Å². The van der Waals surface area contributed by atoms with E-state index in [0.717, 1.165) is 31.4 Å². The molecular formula is C26H35F2N5O3. The van der Waals surface area contributed by atoms with Crippen molar-refractivity contribution in [2.45, 2.75) is 101 Å². The molecule has 1 saturated heterocycles. The fourth-order valence-corrected chi connectivity index (χ4v) is 6.42. The molecule has 10 heteroatoms. The number of amides is 3. The van der Waals surface area contributed by atoms with Crippen molar-refractivity contribution in [3.05, 3.63) is 23.3 Å². The van der Waals surface area contributed by atoms with Gasteiger partial charge in [-0.25, -0.2) is 8.78 Å². The minimum absolute atomic E-state index is 0.0621. The standard InChI is InChI=1S/C26H35F2N5O3/c1-32(19-5-3-2-4-18(19)30-15-10-12-26(27,28)13-11-15)20-7-6-16-17(23(20)29)14-33(25(16)36)21-8-9-22(34)31-24(21)35/h6-7,15,18-19,21,30H,2-5,8-14,29H2,1H3,(H,31,34,35)/t18-,19-,21?/m0/s1. The summed E-state index contributed by atoms with van der Waals surface area (Å²) in [5.74, 6) is -3.55. The van der Waals surface area contributed by atoms with Crippen LogP contribution in [0.15, 0.2) is 12.1 Å². The lowest BCUT2D eigenvalue weighted by Gasteiger charge is -2.42. The van der Waals surface area contributed by atoms with E-state index in [2.05, 4.69) is 15.5 Å². The third kappa shape index (κ3) is 4.67. The summed E-state index contributed by atoms with van der Waals surface area (Å²) < 4.78 is 27.3. The minimum atomic E-state index is -2.54. The van der Waals surface area contributed by atoms with Gasteiger partial charge in [-0.2, -0.15) is 0 Å². The Bertz CT molecular complexity index is 1050. The second-order valence-electron chi connectivity index (χ2n) is 10.8. The van der Waals surface area contributed by atoms with Gasteiger partial charge in [0.1, 0.15) is 6.04 Å². The van der Waals surface area contributed by atoms with Gasteiger partial charge >= 0.3 is 0 Å². The van der Waals surface area contributed by atoms with Gasteiger partial charge in [-0.05, 0) is 44.2 Å². The van der Waals surface area contributed by atoms with Crippen molar-refractivity contribution in [3.8, 4) is 0 Å². The van der Waals surface area contributed by atoms with E-state index in [-0.39, 0.29) is 55.7 Å². The molecule has 0 radical (unpaired) electrons. The predicted molar refractivity (Wildman–Crippen MR) is 132 cm³/mol. The van der Waals surface area contributed by atoms with E-state index >= 15 is 0 Å². The van der Waals surface area contributed by atoms with Crippen LogP contribution in [0.1, 0.15) is 80.1 Å². The molecule has 2 saturated carbocycles. The predicted octanol–water partition coefficient (Wildman–Crippen LogP) is 2.94. The van der Waals surface area contributed by atoms with Gasteiger partial charge in [-0.1, -0.05) is 12.8 Å². The quantitative estimate of drug-likeness (QED) is 0.421. The number of hydrogen-bond acceptors (Lipinski definition) is 6. The SMILES string of the molecule is CN(c1ccc2c(c1N)CN(C1CCC(=O)NC1=O)C2=O)[C@H]1CCCC[C@@H]1NC1CCC(F)(F)CC1. The highest BCUT2D eigenvalue weighted by atomic mass is 19.3. The van der Waals surface area contributed by atoms with Crippen molar-refractivity contribution < 1.29 is 23.2 Å². The van der Waals surface area contributed by atoms with E-state index in [4.69, 9.17) is 5.73 Å². The van der Waals surface area contributed by atoms with Crippen LogP contribution in [0.25, 0.3) is 0 Å². The molecule has 196 valence electrons. The number of carbonyl (C=O) groups excluding carboxylic acids is 3. The average molecular weight is 504 g/mol. The minimum Gasteiger partial charge on any atom is -0.397 e. The van der Waals surface area contributed by atoms with Crippen LogP contribution in [0, 0.1) is 0 Å². The van der Waals surface area contributed by atoms with Crippen molar-refractivity contribution in [1.29, 1.82) is 0 Å². The molecule has 3 atom stereocenters. The highest BCUT2D eigenvalue weighted by molar-refractivity contribution is 6.06. The Balaban J connectivity index is 1.32. The number of nitrogens with two attached hydrogens (primary N) is 1. The Morgan fingerprint density at radius 1 is 1.08 bits per heavy atom. The molecule has 1 aromatic rings. The summed E-state index contributed by atoms with van der Waals surface area (Å²) in [7, 11) is 2.01. The van der Waals surface area contributed by atoms with Gasteiger partial charge in [-0.15, -0.1) is 0 Å². The monoisotopic (exact) mass is 503 g/mol. The Morgan fingerprint density at radius 3 is 2.53 bits per heavy atom. The highest BCUT2D eigenvalue weighted by Gasteiger charge is 2.41. The second-order valence-corrected chi connectivity index (χ2v) is 10.8. The van der Waals surface area contributed by atoms with Crippen LogP contribution >= 0.6 is 0 Å². The smallest absolute Gasteiger partial charge is 0.255 e. The lowest BCUT2D eigenvalue weighted by Crippen LogP contribution is -2.54. The first-order valence-corrected chi connectivity index (χ1v) is 13.1. The number of halogens is 2. The van der Waals surface area contributed by atoms with Crippen LogP contribution in [-0.2, 0) is 16.1 Å². The van der Waals surface area contributed by atoms with Gasteiger partial charge in [0.25, 0.3) is 5.91 Å². The van der Waals surface area contributed by atoms with Gasteiger partial charge in [0.2, 0.25) is 17.7 Å². The first kappa shape index (κ1) is 24.9. The molecular weight excluding hydrogens is 468 g/mol. The van der Waals surface area contributed by atoms with E-state index in [1.807, 2.05) is 13.1 Å². The Hall–Kier alpha value is -2.75. The number of carbonyl (C=O) groups is 3. The Morgan fingerprint density at radius 2 is 1.81 bits per heavy atom. The molecule has 2 aliphatic carbocycles. The molecule has 1 unspecified atom stereocenters. The molecule has 36 heavy (non-hydrogen) atoms. The fraction of sp³-hybridized carbons (Fsp3) is 0.654. The van der Waals surface area contributed by atoms with Gasteiger partial charge in [0.05, 0.1) is 11.4 Å². The first-order valence-electron chi connectivity index (χ1n) is 13.1. The summed E-state index contributed by atoms with van der Waals surface area (Å²) in [5.41, 5.74) is 9.20. The summed E-state index contributed by atoms with van der Waals surface area (Å²) >= 11 is 0. The molecule has 3 amide bonds. The lowest BCUT2D eigenvalue weighted by molar-refractivity contribution is -0.136. The van der Waals surface area contributed by atoms with Gasteiger partial charge < -0.3 is 20.9 Å². The molecule has 5 rings (SSSR count). The van der Waals surface area contributed by atoms with Crippen LogP contribution in [0.2, 0.25) is 0 Å². The normalized spacial score (nSPS) is 28.7. The van der Waals surface area contributed by atoms with E-state index in [0.29, 0.717) is 36.1 Å². The molecule has 4 N–H and O–H groups in total. The number of nitrogens with zero attached hydrogens (tertiary/aromatic N) is 2. The molecule has 0 bridgehead atoms. The van der Waals surface area contributed by atoms with E-state index in [1.165, 1.54) is 4.90 Å². The number of imide groups is 1. The molecule has 2 aliphatic heterocycles. The summed E-state index contributed by atoms with van der Waals surface area (Å²) in [6.07, 6.45) is 5.49. The summed E-state index contributed by atoms with van der Waals surface area (Å²) in [6, 6.07) is 3.39. The molecule has 4 aliphatic rings. The van der Waals surface area contributed by atoms with Gasteiger partial charge in [0.15, 0.2) is 0 Å². The highest BCUT2D eigenvalue weighted by Crippen LogP contribution is 2.39. The number of likely N-dealkylation sites (N-methyl/N-ethyl adjacent to an activating group) is 1. The number of fused-ring (bicyclic) bond motifs is 1. The number of nitrogen functional groups attached to an aromatic ring is 1. The zero-order valence-corrected chi connectivity index (χ0v) is 20.7. The number of anilines is 2. The summed E-state index contributed by atoms with van der Waals surface area (Å²) in [4.78, 5) is 40.7. The fourth-order valence-electron chi connectivity index (χ4n) is 6.42. The van der Waals surface area contributed by atoms with Crippen molar-refractivity contribution >= 4 is 29.1 Å². The maximum absolute atomic E-state index is 13.6. The second kappa shape index (κ2) is 9.61. The van der Waals surface area contributed by atoms with Crippen LogP contribution in [0.4, 0.5) is 20.2 Å². The average Bonchev–Trinajstić information content (AvgIpc) is 3.18. The zero-order valence-electron chi connectivity index (χ0n) is 20.7. The molecule has 3 fully saturated rings. The first-order chi connectivity index (χ1) is 17.1. The molecule has 8 nitrogen and oxygen atoms in total. The largest absolute Gasteiger partial charge is 0.397 e. The van der Waals surface area contributed by atoms with Gasteiger partial charge in [0, 0.05) is 62.1 Å². The molecule has 0 aromatic heterocycles. The maximum atomic E-state index is 13.6. The number of hydrogen-bond donors (Lipinski definition) is 3. The van der Waals surface area contributed by atoms with Crippen LogP contribution in [0.5, 0.6) is 0 Å². The number of rotatable bonds is 5. The topological polar surface area (TPSA) is 108 Å². The van der Waals surface area contributed by atoms with Crippen molar-refractivity contribution in [1.82, 2.24) is 15.5 Å². The number of benzene rings is 1.